The van der Waals surface area contributed by atoms with Gasteiger partial charge in [0.1, 0.15) is 5.37 Å². The fourth-order valence-corrected chi connectivity index (χ4v) is 3.91. The summed E-state index contributed by atoms with van der Waals surface area (Å²) in [4.78, 5) is 14.3. The number of nitrogens with two attached hydrogens (primary N) is 1. The minimum Gasteiger partial charge on any atom is -0.399 e. The SMILES string of the molecule is CC(C)(C)c1ccc(N2C(=O)CS[C@H]2c2ccc(N)cc2)cc1. The van der Waals surface area contributed by atoms with Crippen molar-refractivity contribution in [3.05, 3.63) is 59.7 Å². The minimum atomic E-state index is 0.0172. The zero-order valence-corrected chi connectivity index (χ0v) is 14.6. The van der Waals surface area contributed by atoms with Crippen LogP contribution in [0.25, 0.3) is 0 Å². The molecule has 0 unspecified atom stereocenters. The molecule has 23 heavy (non-hydrogen) atoms. The van der Waals surface area contributed by atoms with E-state index in [-0.39, 0.29) is 16.7 Å². The lowest BCUT2D eigenvalue weighted by atomic mass is 9.87. The Bertz CT molecular complexity index is 702. The number of hydrogen-bond donors (Lipinski definition) is 1. The number of hydrogen-bond acceptors (Lipinski definition) is 3. The fraction of sp³-hybridized carbons (Fsp3) is 0.316. The summed E-state index contributed by atoms with van der Waals surface area (Å²) < 4.78 is 0. The van der Waals surface area contributed by atoms with Crippen LogP contribution in [0, 0.1) is 0 Å². The Kier molecular flexibility index (Phi) is 4.11. The monoisotopic (exact) mass is 326 g/mol. The molecule has 0 radical (unpaired) electrons. The molecule has 0 aromatic heterocycles. The summed E-state index contributed by atoms with van der Waals surface area (Å²) in [6.07, 6.45) is 0. The number of carbonyl (C=O) groups excluding carboxylic acids is 1. The van der Waals surface area contributed by atoms with E-state index in [4.69, 9.17) is 5.73 Å². The largest absolute Gasteiger partial charge is 0.399 e. The van der Waals surface area contributed by atoms with E-state index < -0.39 is 0 Å². The van der Waals surface area contributed by atoms with Gasteiger partial charge >= 0.3 is 0 Å². The zero-order valence-electron chi connectivity index (χ0n) is 13.7. The number of thioether (sulfide) groups is 1. The summed E-state index contributed by atoms with van der Waals surface area (Å²) >= 11 is 1.66. The lowest BCUT2D eigenvalue weighted by Gasteiger charge is -2.26. The van der Waals surface area contributed by atoms with Gasteiger partial charge in [-0.3, -0.25) is 9.69 Å². The molecule has 2 N–H and O–H groups in total. The minimum absolute atomic E-state index is 0.0172. The Balaban J connectivity index is 1.92. The molecule has 2 aromatic rings. The summed E-state index contributed by atoms with van der Waals surface area (Å²) in [6, 6.07) is 16.1. The van der Waals surface area contributed by atoms with Gasteiger partial charge in [0.05, 0.1) is 5.75 Å². The molecular formula is C19H22N2OS. The first-order chi connectivity index (χ1) is 10.9. The molecule has 3 rings (SSSR count). The first-order valence-electron chi connectivity index (χ1n) is 7.76. The van der Waals surface area contributed by atoms with Gasteiger partial charge in [0, 0.05) is 11.4 Å². The molecule has 120 valence electrons. The molecule has 1 amide bonds. The van der Waals surface area contributed by atoms with Crippen LogP contribution in [0.2, 0.25) is 0 Å². The molecule has 1 aliphatic rings. The van der Waals surface area contributed by atoms with E-state index in [0.29, 0.717) is 5.75 Å². The number of carbonyl (C=O) groups is 1. The van der Waals surface area contributed by atoms with Crippen LogP contribution in [0.1, 0.15) is 37.3 Å². The third-order valence-electron chi connectivity index (χ3n) is 4.10. The second-order valence-corrected chi connectivity index (χ2v) is 7.96. The van der Waals surface area contributed by atoms with Gasteiger partial charge in [-0.05, 0) is 40.8 Å². The van der Waals surface area contributed by atoms with Crippen LogP contribution in [0.4, 0.5) is 11.4 Å². The molecule has 1 atom stereocenters. The van der Waals surface area contributed by atoms with E-state index in [0.717, 1.165) is 16.9 Å². The number of rotatable bonds is 2. The van der Waals surface area contributed by atoms with Crippen molar-refractivity contribution in [2.45, 2.75) is 31.6 Å². The summed E-state index contributed by atoms with van der Waals surface area (Å²) in [5.41, 5.74) is 9.95. The van der Waals surface area contributed by atoms with E-state index in [1.807, 2.05) is 29.2 Å². The zero-order chi connectivity index (χ0) is 16.6. The molecule has 0 saturated carbocycles. The summed E-state index contributed by atoms with van der Waals surface area (Å²) in [7, 11) is 0. The summed E-state index contributed by atoms with van der Waals surface area (Å²) in [5, 5.41) is 0.0172. The lowest BCUT2D eigenvalue weighted by Crippen LogP contribution is -2.27. The fourth-order valence-electron chi connectivity index (χ4n) is 2.73. The van der Waals surface area contributed by atoms with Gasteiger partial charge in [-0.15, -0.1) is 11.8 Å². The smallest absolute Gasteiger partial charge is 0.238 e. The predicted molar refractivity (Wildman–Crippen MR) is 98.7 cm³/mol. The number of anilines is 2. The van der Waals surface area contributed by atoms with E-state index in [9.17, 15) is 4.79 Å². The average Bonchev–Trinajstić information content (AvgIpc) is 2.89. The van der Waals surface area contributed by atoms with Crippen LogP contribution in [0.15, 0.2) is 48.5 Å². The lowest BCUT2D eigenvalue weighted by molar-refractivity contribution is -0.115. The van der Waals surface area contributed by atoms with E-state index in [1.54, 1.807) is 11.8 Å². The second kappa shape index (κ2) is 5.93. The first-order valence-corrected chi connectivity index (χ1v) is 8.81. The van der Waals surface area contributed by atoms with E-state index in [2.05, 4.69) is 45.0 Å². The molecule has 2 aromatic carbocycles. The van der Waals surface area contributed by atoms with Crippen LogP contribution in [0.5, 0.6) is 0 Å². The maximum absolute atomic E-state index is 12.4. The van der Waals surface area contributed by atoms with Crippen molar-refractivity contribution in [3.63, 3.8) is 0 Å². The molecule has 0 bridgehead atoms. The third-order valence-corrected chi connectivity index (χ3v) is 5.31. The average molecular weight is 326 g/mol. The number of nitrogen functional groups attached to an aromatic ring is 1. The molecule has 3 nitrogen and oxygen atoms in total. The summed E-state index contributed by atoms with van der Waals surface area (Å²) in [5.74, 6) is 0.663. The molecule has 1 heterocycles. The Morgan fingerprint density at radius 3 is 2.22 bits per heavy atom. The molecule has 1 aliphatic heterocycles. The Labute approximate surface area is 141 Å². The van der Waals surface area contributed by atoms with E-state index in [1.165, 1.54) is 5.56 Å². The van der Waals surface area contributed by atoms with Crippen LogP contribution < -0.4 is 10.6 Å². The topological polar surface area (TPSA) is 46.3 Å². The third kappa shape index (κ3) is 3.22. The maximum atomic E-state index is 12.4. The van der Waals surface area contributed by atoms with Crippen molar-refractivity contribution in [3.8, 4) is 0 Å². The predicted octanol–water partition coefficient (Wildman–Crippen LogP) is 4.34. The van der Waals surface area contributed by atoms with Gasteiger partial charge < -0.3 is 5.73 Å². The van der Waals surface area contributed by atoms with Crippen molar-refractivity contribution >= 4 is 29.0 Å². The number of nitrogens with zero attached hydrogens (tertiary/aromatic N) is 1. The van der Waals surface area contributed by atoms with Crippen molar-refractivity contribution in [2.24, 2.45) is 0 Å². The Hall–Kier alpha value is -1.94. The van der Waals surface area contributed by atoms with Crippen molar-refractivity contribution in [1.29, 1.82) is 0 Å². The summed E-state index contributed by atoms with van der Waals surface area (Å²) in [6.45, 7) is 6.57. The maximum Gasteiger partial charge on any atom is 0.238 e. The van der Waals surface area contributed by atoms with Gasteiger partial charge in [-0.2, -0.15) is 0 Å². The highest BCUT2D eigenvalue weighted by atomic mass is 32.2. The van der Waals surface area contributed by atoms with Crippen LogP contribution >= 0.6 is 11.8 Å². The molecule has 0 aliphatic carbocycles. The highest BCUT2D eigenvalue weighted by Crippen LogP contribution is 2.42. The number of amides is 1. The molecular weight excluding hydrogens is 304 g/mol. The molecule has 1 fully saturated rings. The van der Waals surface area contributed by atoms with Crippen molar-refractivity contribution in [1.82, 2.24) is 0 Å². The van der Waals surface area contributed by atoms with Gasteiger partial charge in [0.15, 0.2) is 0 Å². The van der Waals surface area contributed by atoms with E-state index >= 15 is 0 Å². The molecule has 0 spiro atoms. The van der Waals surface area contributed by atoms with Crippen LogP contribution in [-0.2, 0) is 10.2 Å². The van der Waals surface area contributed by atoms with Gasteiger partial charge in [-0.1, -0.05) is 45.0 Å². The standard InChI is InChI=1S/C19H22N2OS/c1-19(2,3)14-6-10-16(11-7-14)21-17(22)12-23-18(21)13-4-8-15(20)9-5-13/h4-11,18H,12,20H2,1-3H3/t18-/m0/s1. The van der Waals surface area contributed by atoms with Crippen molar-refractivity contribution < 1.29 is 4.79 Å². The highest BCUT2D eigenvalue weighted by Gasteiger charge is 2.34. The second-order valence-electron chi connectivity index (χ2n) is 6.89. The normalized spacial score (nSPS) is 18.5. The quantitative estimate of drug-likeness (QED) is 0.835. The van der Waals surface area contributed by atoms with Crippen molar-refractivity contribution in [2.75, 3.05) is 16.4 Å². The molecule has 1 saturated heterocycles. The van der Waals surface area contributed by atoms with Gasteiger partial charge in [-0.25, -0.2) is 0 Å². The van der Waals surface area contributed by atoms with Crippen LogP contribution in [-0.4, -0.2) is 11.7 Å². The van der Waals surface area contributed by atoms with Gasteiger partial charge in [0.2, 0.25) is 5.91 Å². The molecule has 4 heteroatoms. The first kappa shape index (κ1) is 15.9. The van der Waals surface area contributed by atoms with Gasteiger partial charge in [0.25, 0.3) is 0 Å². The Morgan fingerprint density at radius 2 is 1.65 bits per heavy atom. The van der Waals surface area contributed by atoms with Crippen LogP contribution in [0.3, 0.4) is 0 Å². The Morgan fingerprint density at radius 1 is 1.04 bits per heavy atom. The number of benzene rings is 2. The highest BCUT2D eigenvalue weighted by molar-refractivity contribution is 8.00.